The summed E-state index contributed by atoms with van der Waals surface area (Å²) >= 11 is 0. The fourth-order valence-electron chi connectivity index (χ4n) is 3.31. The Bertz CT molecular complexity index is 1050. The van der Waals surface area contributed by atoms with E-state index < -0.39 is 0 Å². The molecule has 0 saturated heterocycles. The van der Waals surface area contributed by atoms with Crippen molar-refractivity contribution in [2.45, 2.75) is 45.3 Å². The highest BCUT2D eigenvalue weighted by molar-refractivity contribution is 5.67. The highest BCUT2D eigenvalue weighted by Crippen LogP contribution is 2.33. The quantitative estimate of drug-likeness (QED) is 0.604. The van der Waals surface area contributed by atoms with Crippen molar-refractivity contribution in [1.29, 1.82) is 5.26 Å². The molecule has 1 aliphatic carbocycles. The van der Waals surface area contributed by atoms with Crippen LogP contribution in [0.25, 0.3) is 11.4 Å². The van der Waals surface area contributed by atoms with Gasteiger partial charge in [0.05, 0.1) is 18.1 Å². The summed E-state index contributed by atoms with van der Waals surface area (Å²) in [5.41, 5.74) is 9.72. The Kier molecular flexibility index (Phi) is 5.10. The first-order chi connectivity index (χ1) is 14.0. The molecule has 3 heterocycles. The molecule has 1 aliphatic rings. The minimum atomic E-state index is 0.0992. The van der Waals surface area contributed by atoms with Gasteiger partial charge in [0, 0.05) is 17.8 Å². The average molecular weight is 390 g/mol. The van der Waals surface area contributed by atoms with Crippen LogP contribution in [0.15, 0.2) is 24.5 Å². The van der Waals surface area contributed by atoms with E-state index >= 15 is 0 Å². The molecule has 0 amide bonds. The van der Waals surface area contributed by atoms with E-state index in [4.69, 9.17) is 20.7 Å². The van der Waals surface area contributed by atoms with Crippen LogP contribution in [0.1, 0.15) is 36.2 Å². The number of aromatic amines is 1. The van der Waals surface area contributed by atoms with Gasteiger partial charge in [-0.1, -0.05) is 0 Å². The summed E-state index contributed by atoms with van der Waals surface area (Å²) in [5, 5.41) is 19.2. The molecule has 2 unspecified atom stereocenters. The lowest BCUT2D eigenvalue weighted by Crippen LogP contribution is -2.19. The Morgan fingerprint density at radius 1 is 1.21 bits per heavy atom. The Balaban J connectivity index is 1.59. The van der Waals surface area contributed by atoms with E-state index in [9.17, 15) is 0 Å². The molecule has 1 saturated carbocycles. The molecule has 4 N–H and O–H groups in total. The van der Waals surface area contributed by atoms with E-state index in [0.29, 0.717) is 17.3 Å². The van der Waals surface area contributed by atoms with Crippen LogP contribution in [-0.2, 0) is 0 Å². The van der Waals surface area contributed by atoms with Gasteiger partial charge in [0.1, 0.15) is 29.4 Å². The average Bonchev–Trinajstić information content (AvgIpc) is 3.34. The van der Waals surface area contributed by atoms with E-state index in [-0.39, 0.29) is 17.8 Å². The number of rotatable bonds is 5. The fourth-order valence-corrected chi connectivity index (χ4v) is 3.31. The van der Waals surface area contributed by atoms with Crippen molar-refractivity contribution in [2.75, 3.05) is 5.32 Å². The first kappa shape index (κ1) is 18.8. The number of nitrogens with two attached hydrogens (primary N) is 1. The molecule has 9 nitrogen and oxygen atoms in total. The summed E-state index contributed by atoms with van der Waals surface area (Å²) in [5.74, 6) is 1.78. The van der Waals surface area contributed by atoms with Crippen LogP contribution in [0.3, 0.4) is 0 Å². The van der Waals surface area contributed by atoms with Gasteiger partial charge >= 0.3 is 0 Å². The first-order valence-corrected chi connectivity index (χ1v) is 9.47. The molecule has 29 heavy (non-hydrogen) atoms. The maximum atomic E-state index is 8.82. The topological polar surface area (TPSA) is 138 Å². The van der Waals surface area contributed by atoms with Crippen LogP contribution in [0, 0.1) is 25.2 Å². The van der Waals surface area contributed by atoms with E-state index in [1.807, 2.05) is 32.0 Å². The Labute approximate surface area is 168 Å². The van der Waals surface area contributed by atoms with Crippen molar-refractivity contribution in [1.82, 2.24) is 25.1 Å². The number of pyridine rings is 1. The normalized spacial score (nSPS) is 18.4. The van der Waals surface area contributed by atoms with Crippen LogP contribution >= 0.6 is 0 Å². The lowest BCUT2D eigenvalue weighted by molar-refractivity contribution is 0.208. The van der Waals surface area contributed by atoms with Gasteiger partial charge in [0.2, 0.25) is 0 Å². The van der Waals surface area contributed by atoms with Crippen LogP contribution < -0.4 is 15.8 Å². The third-order valence-electron chi connectivity index (χ3n) is 5.01. The molecular formula is C20H22N8O. The minimum Gasteiger partial charge on any atom is -0.488 e. The van der Waals surface area contributed by atoms with Gasteiger partial charge in [0.25, 0.3) is 0 Å². The molecule has 9 heteroatoms. The van der Waals surface area contributed by atoms with Gasteiger partial charge in [-0.2, -0.15) is 10.4 Å². The van der Waals surface area contributed by atoms with E-state index in [1.165, 1.54) is 12.4 Å². The third kappa shape index (κ3) is 4.17. The smallest absolute Gasteiger partial charge is 0.158 e. The van der Waals surface area contributed by atoms with Gasteiger partial charge in [-0.3, -0.25) is 5.10 Å². The van der Waals surface area contributed by atoms with Crippen molar-refractivity contribution in [3.8, 4) is 23.2 Å². The van der Waals surface area contributed by atoms with Crippen molar-refractivity contribution in [3.63, 3.8) is 0 Å². The number of nitriles is 1. The zero-order valence-electron chi connectivity index (χ0n) is 16.3. The lowest BCUT2D eigenvalue weighted by atomic mass is 10.1. The molecule has 1 fully saturated rings. The number of aromatic nitrogens is 5. The molecule has 0 spiro atoms. The SMILES string of the molecule is Cc1cc(OC2CCC(N)C2)c(-c2cc(Nc3cnc(C#N)cn3)n[nH]2)nc1C. The zero-order chi connectivity index (χ0) is 20.4. The Morgan fingerprint density at radius 2 is 2.07 bits per heavy atom. The van der Waals surface area contributed by atoms with Crippen LogP contribution in [0.2, 0.25) is 0 Å². The molecule has 0 bridgehead atoms. The molecule has 3 aromatic rings. The summed E-state index contributed by atoms with van der Waals surface area (Å²) in [4.78, 5) is 12.9. The molecule has 2 atom stereocenters. The van der Waals surface area contributed by atoms with Gasteiger partial charge in [-0.25, -0.2) is 15.0 Å². The van der Waals surface area contributed by atoms with Crippen molar-refractivity contribution >= 4 is 11.6 Å². The highest BCUT2D eigenvalue weighted by Gasteiger charge is 2.25. The number of hydrogen-bond donors (Lipinski definition) is 3. The summed E-state index contributed by atoms with van der Waals surface area (Å²) in [6.07, 6.45) is 5.75. The third-order valence-corrected chi connectivity index (χ3v) is 5.01. The second-order valence-corrected chi connectivity index (χ2v) is 7.24. The summed E-state index contributed by atoms with van der Waals surface area (Å²) in [6.45, 7) is 3.98. The first-order valence-electron chi connectivity index (χ1n) is 9.47. The molecule has 148 valence electrons. The molecule has 0 aromatic carbocycles. The monoisotopic (exact) mass is 390 g/mol. The largest absolute Gasteiger partial charge is 0.488 e. The maximum Gasteiger partial charge on any atom is 0.158 e. The summed E-state index contributed by atoms with van der Waals surface area (Å²) in [7, 11) is 0. The fraction of sp³-hybridized carbons (Fsp3) is 0.350. The standard InChI is InChI=1S/C20H22N8O/c1-11-5-17(29-15-4-3-13(22)6-15)20(25-12(11)2)16-7-18(28-27-16)26-19-10-23-14(8-21)9-24-19/h5,7,9-10,13,15H,3-4,6,22H2,1-2H3,(H2,24,26,27,28). The van der Waals surface area contributed by atoms with E-state index in [2.05, 4.69) is 25.5 Å². The number of nitrogens with zero attached hydrogens (tertiary/aromatic N) is 5. The second-order valence-electron chi connectivity index (χ2n) is 7.24. The number of H-pyrrole nitrogens is 1. The lowest BCUT2D eigenvalue weighted by Gasteiger charge is -2.17. The van der Waals surface area contributed by atoms with Gasteiger partial charge in [-0.05, 0) is 44.7 Å². The number of ether oxygens (including phenoxy) is 1. The number of aryl methyl sites for hydroxylation is 2. The number of anilines is 2. The molecule has 0 radical (unpaired) electrons. The predicted molar refractivity (Wildman–Crippen MR) is 108 cm³/mol. The second kappa shape index (κ2) is 7.85. The van der Waals surface area contributed by atoms with Crippen LogP contribution in [0.5, 0.6) is 5.75 Å². The molecule has 0 aliphatic heterocycles. The molecule has 3 aromatic heterocycles. The van der Waals surface area contributed by atoms with Crippen LogP contribution in [-0.4, -0.2) is 37.3 Å². The zero-order valence-corrected chi connectivity index (χ0v) is 16.3. The van der Waals surface area contributed by atoms with Gasteiger partial charge < -0.3 is 15.8 Å². The van der Waals surface area contributed by atoms with Crippen molar-refractivity contribution in [2.24, 2.45) is 5.73 Å². The van der Waals surface area contributed by atoms with E-state index in [1.54, 1.807) is 0 Å². The Hall–Kier alpha value is -3.51. The highest BCUT2D eigenvalue weighted by atomic mass is 16.5. The summed E-state index contributed by atoms with van der Waals surface area (Å²) < 4.78 is 6.26. The maximum absolute atomic E-state index is 8.82. The van der Waals surface area contributed by atoms with Gasteiger partial charge in [-0.15, -0.1) is 0 Å². The molecular weight excluding hydrogens is 368 g/mol. The minimum absolute atomic E-state index is 0.0992. The Morgan fingerprint density at radius 3 is 2.76 bits per heavy atom. The van der Waals surface area contributed by atoms with E-state index in [0.717, 1.165) is 42.0 Å². The van der Waals surface area contributed by atoms with Crippen molar-refractivity contribution in [3.05, 3.63) is 41.5 Å². The van der Waals surface area contributed by atoms with Crippen LogP contribution in [0.4, 0.5) is 11.6 Å². The predicted octanol–water partition coefficient (Wildman–Crippen LogP) is 2.75. The molecule has 4 rings (SSSR count). The number of hydrogen-bond acceptors (Lipinski definition) is 8. The number of nitrogens with one attached hydrogen (secondary N) is 2. The summed E-state index contributed by atoms with van der Waals surface area (Å²) in [6, 6.07) is 5.99. The van der Waals surface area contributed by atoms with Gasteiger partial charge in [0.15, 0.2) is 11.5 Å². The van der Waals surface area contributed by atoms with Crippen molar-refractivity contribution < 1.29 is 4.74 Å².